The van der Waals surface area contributed by atoms with Crippen molar-refractivity contribution < 1.29 is 4.74 Å². The van der Waals surface area contributed by atoms with Gasteiger partial charge < -0.3 is 22.0 Å². The molecule has 0 aliphatic rings. The third-order valence-corrected chi connectivity index (χ3v) is 3.83. The van der Waals surface area contributed by atoms with E-state index in [1.807, 2.05) is 54.6 Å². The van der Waals surface area contributed by atoms with Crippen LogP contribution in [0.25, 0.3) is 17.4 Å². The largest absolute Gasteiger partial charge is 0.436 e. The summed E-state index contributed by atoms with van der Waals surface area (Å²) in [5.41, 5.74) is 15.2. The first-order valence-corrected chi connectivity index (χ1v) is 8.38. The SMILES string of the molecule is C=Cc1ccccc1C(=C)\C=N/C(N)=C(N)/C(=N/N)OC(=C)c1ccccc1. The number of allylic oxidation sites excluding steroid dienone is 1. The van der Waals surface area contributed by atoms with Crippen LogP contribution in [0.5, 0.6) is 0 Å². The molecule has 0 spiro atoms. The fourth-order valence-electron chi connectivity index (χ4n) is 2.31. The summed E-state index contributed by atoms with van der Waals surface area (Å²) in [6, 6.07) is 16.9. The Morgan fingerprint density at radius 3 is 2.25 bits per heavy atom. The molecule has 6 nitrogen and oxygen atoms in total. The van der Waals surface area contributed by atoms with Crippen LogP contribution in [-0.4, -0.2) is 12.1 Å². The number of hydrazone groups is 1. The molecule has 0 unspecified atom stereocenters. The minimum atomic E-state index is -0.0828. The Kier molecular flexibility index (Phi) is 6.93. The van der Waals surface area contributed by atoms with Crippen LogP contribution in [-0.2, 0) is 4.74 Å². The second-order valence-electron chi connectivity index (χ2n) is 5.70. The number of rotatable bonds is 7. The highest BCUT2D eigenvalue weighted by Gasteiger charge is 2.12. The lowest BCUT2D eigenvalue weighted by atomic mass is 10.0. The second-order valence-corrected chi connectivity index (χ2v) is 5.70. The zero-order valence-corrected chi connectivity index (χ0v) is 15.5. The van der Waals surface area contributed by atoms with Gasteiger partial charge in [0.05, 0.1) is 0 Å². The minimum Gasteiger partial charge on any atom is -0.436 e. The van der Waals surface area contributed by atoms with Crippen molar-refractivity contribution in [1.82, 2.24) is 0 Å². The van der Waals surface area contributed by atoms with Gasteiger partial charge in [-0.3, -0.25) is 0 Å². The van der Waals surface area contributed by atoms with Crippen molar-refractivity contribution >= 4 is 29.5 Å². The number of nitrogens with two attached hydrogens (primary N) is 3. The average molecular weight is 373 g/mol. The molecule has 0 saturated heterocycles. The molecular formula is C22H23N5O. The molecule has 2 aromatic rings. The smallest absolute Gasteiger partial charge is 0.263 e. The zero-order chi connectivity index (χ0) is 20.5. The van der Waals surface area contributed by atoms with Gasteiger partial charge in [-0.15, -0.1) is 5.10 Å². The lowest BCUT2D eigenvalue weighted by molar-refractivity contribution is 0.504. The standard InChI is InChI=1S/C22H23N5O/c1-4-17-10-8-9-13-19(17)15(2)14-26-21(24)20(23)22(27-25)28-16(3)18-11-6-5-7-12-18/h4-14H,1-3,23-25H2/b21-20-,26-14-,27-22-. The van der Waals surface area contributed by atoms with E-state index in [1.165, 1.54) is 6.21 Å². The molecule has 2 rings (SSSR count). The molecule has 28 heavy (non-hydrogen) atoms. The zero-order valence-electron chi connectivity index (χ0n) is 15.5. The highest BCUT2D eigenvalue weighted by atomic mass is 16.5. The molecule has 0 saturated carbocycles. The van der Waals surface area contributed by atoms with E-state index in [4.69, 9.17) is 22.0 Å². The van der Waals surface area contributed by atoms with E-state index in [9.17, 15) is 0 Å². The van der Waals surface area contributed by atoms with Gasteiger partial charge in [0.2, 0.25) is 0 Å². The van der Waals surface area contributed by atoms with Crippen LogP contribution < -0.4 is 17.3 Å². The monoisotopic (exact) mass is 373 g/mol. The van der Waals surface area contributed by atoms with E-state index >= 15 is 0 Å². The van der Waals surface area contributed by atoms with Gasteiger partial charge in [-0.2, -0.15) is 0 Å². The van der Waals surface area contributed by atoms with Gasteiger partial charge >= 0.3 is 0 Å². The predicted octanol–water partition coefficient (Wildman–Crippen LogP) is 3.46. The van der Waals surface area contributed by atoms with Crippen molar-refractivity contribution in [2.45, 2.75) is 0 Å². The van der Waals surface area contributed by atoms with Crippen LogP contribution in [0, 0.1) is 0 Å². The van der Waals surface area contributed by atoms with Crippen molar-refractivity contribution in [3.05, 3.63) is 103 Å². The van der Waals surface area contributed by atoms with Crippen molar-refractivity contribution in [2.75, 3.05) is 0 Å². The van der Waals surface area contributed by atoms with E-state index in [1.54, 1.807) is 6.08 Å². The third-order valence-electron chi connectivity index (χ3n) is 3.83. The van der Waals surface area contributed by atoms with E-state index < -0.39 is 0 Å². The van der Waals surface area contributed by atoms with Gasteiger partial charge in [0.25, 0.3) is 5.90 Å². The number of aliphatic imine (C=N–C) groups is 1. The lowest BCUT2D eigenvalue weighted by Crippen LogP contribution is -2.21. The second kappa shape index (κ2) is 9.59. The molecule has 0 heterocycles. The van der Waals surface area contributed by atoms with Crippen molar-refractivity contribution in [1.29, 1.82) is 0 Å². The Bertz CT molecular complexity index is 971. The first kappa shape index (κ1) is 20.3. The maximum absolute atomic E-state index is 6.00. The Labute approximate surface area is 164 Å². The normalized spacial score (nSPS) is 12.4. The predicted molar refractivity (Wildman–Crippen MR) is 118 cm³/mol. The quantitative estimate of drug-likeness (QED) is 0.227. The summed E-state index contributed by atoms with van der Waals surface area (Å²) in [4.78, 5) is 4.15. The van der Waals surface area contributed by atoms with Crippen LogP contribution in [0.2, 0.25) is 0 Å². The Hall–Kier alpha value is -4.06. The number of hydrogen-bond donors (Lipinski definition) is 3. The summed E-state index contributed by atoms with van der Waals surface area (Å²) < 4.78 is 5.55. The molecule has 6 N–H and O–H groups in total. The molecule has 0 aliphatic carbocycles. The molecule has 0 bridgehead atoms. The summed E-state index contributed by atoms with van der Waals surface area (Å²) in [5.74, 6) is 5.63. The Balaban J connectivity index is 2.18. The molecular weight excluding hydrogens is 350 g/mol. The molecule has 6 heteroatoms. The summed E-state index contributed by atoms with van der Waals surface area (Å²) in [6.07, 6.45) is 3.24. The van der Waals surface area contributed by atoms with Gasteiger partial charge in [0.15, 0.2) is 5.82 Å². The summed E-state index contributed by atoms with van der Waals surface area (Å²) in [7, 11) is 0. The van der Waals surface area contributed by atoms with Gasteiger partial charge in [-0.25, -0.2) is 4.99 Å². The van der Waals surface area contributed by atoms with Gasteiger partial charge in [0, 0.05) is 11.8 Å². The summed E-state index contributed by atoms with van der Waals surface area (Å²) >= 11 is 0. The van der Waals surface area contributed by atoms with Crippen LogP contribution in [0.3, 0.4) is 0 Å². The maximum Gasteiger partial charge on any atom is 0.263 e. The summed E-state index contributed by atoms with van der Waals surface area (Å²) in [6.45, 7) is 11.6. The van der Waals surface area contributed by atoms with Crippen LogP contribution in [0.1, 0.15) is 16.7 Å². The van der Waals surface area contributed by atoms with E-state index in [2.05, 4.69) is 29.8 Å². The van der Waals surface area contributed by atoms with Gasteiger partial charge in [-0.1, -0.05) is 80.4 Å². The fraction of sp³-hybridized carbons (Fsp3) is 0. The maximum atomic E-state index is 6.00. The van der Waals surface area contributed by atoms with E-state index in [0.717, 1.165) is 16.7 Å². The molecule has 0 amide bonds. The molecule has 0 radical (unpaired) electrons. The highest BCUT2D eigenvalue weighted by Crippen LogP contribution is 2.18. The minimum absolute atomic E-state index is 0.0118. The Morgan fingerprint density at radius 1 is 0.964 bits per heavy atom. The number of benzene rings is 2. The molecule has 0 fully saturated rings. The molecule has 0 atom stereocenters. The first-order chi connectivity index (χ1) is 13.5. The Morgan fingerprint density at radius 2 is 1.61 bits per heavy atom. The van der Waals surface area contributed by atoms with E-state index in [-0.39, 0.29) is 17.4 Å². The number of ether oxygens (including phenoxy) is 1. The molecule has 0 aliphatic heterocycles. The van der Waals surface area contributed by atoms with Crippen molar-refractivity contribution in [3.63, 3.8) is 0 Å². The van der Waals surface area contributed by atoms with Gasteiger partial charge in [0.1, 0.15) is 11.5 Å². The first-order valence-electron chi connectivity index (χ1n) is 8.38. The van der Waals surface area contributed by atoms with Crippen LogP contribution >= 0.6 is 0 Å². The van der Waals surface area contributed by atoms with Crippen molar-refractivity contribution in [3.8, 4) is 0 Å². The lowest BCUT2D eigenvalue weighted by Gasteiger charge is -2.11. The van der Waals surface area contributed by atoms with Crippen LogP contribution in [0.15, 0.2) is 95.9 Å². The molecule has 142 valence electrons. The number of hydrogen-bond acceptors (Lipinski definition) is 6. The topological polar surface area (TPSA) is 112 Å². The molecule has 2 aromatic carbocycles. The highest BCUT2D eigenvalue weighted by molar-refractivity contribution is 6.10. The third kappa shape index (κ3) is 4.98. The summed E-state index contributed by atoms with van der Waals surface area (Å²) in [5, 5.41) is 3.55. The fourth-order valence-corrected chi connectivity index (χ4v) is 2.31. The van der Waals surface area contributed by atoms with E-state index in [0.29, 0.717) is 11.3 Å². The average Bonchev–Trinajstić information content (AvgIpc) is 2.75. The number of nitrogens with zero attached hydrogens (tertiary/aromatic N) is 2. The van der Waals surface area contributed by atoms with Gasteiger partial charge in [-0.05, 0) is 16.7 Å². The molecule has 0 aromatic heterocycles. The van der Waals surface area contributed by atoms with Crippen molar-refractivity contribution in [2.24, 2.45) is 27.4 Å². The van der Waals surface area contributed by atoms with Crippen LogP contribution in [0.4, 0.5) is 0 Å².